The largest absolute Gasteiger partial charge is 0.491 e. The van der Waals surface area contributed by atoms with Crippen molar-refractivity contribution >= 4 is 17.5 Å². The highest BCUT2D eigenvalue weighted by molar-refractivity contribution is 6.31. The number of ether oxygens (including phenoxy) is 1. The number of aliphatic hydroxyl groups excluding tert-OH is 1. The van der Waals surface area contributed by atoms with Crippen LogP contribution in [-0.4, -0.2) is 38.8 Å². The standard InChI is InChI=1S/C27H23ClFN3O3/c28-22-7-4-8-23(29)25(22)26(33)19-9-10-24-20(13-19)16-31(11-12-35-24)27(34)21-14-30-32(17-21)15-18-5-2-1-3-6-18/h1-10,13-14,17,26,33H,11-12,15-16H2/t26-/m1/s1. The molecule has 4 aromatic rings. The molecule has 178 valence electrons. The Morgan fingerprint density at radius 3 is 2.77 bits per heavy atom. The molecule has 1 amide bonds. The van der Waals surface area contributed by atoms with Crippen LogP contribution in [-0.2, 0) is 13.1 Å². The van der Waals surface area contributed by atoms with E-state index in [1.807, 2.05) is 30.3 Å². The lowest BCUT2D eigenvalue weighted by Gasteiger charge is -2.20. The highest BCUT2D eigenvalue weighted by Crippen LogP contribution is 2.34. The van der Waals surface area contributed by atoms with Gasteiger partial charge in [0, 0.05) is 28.9 Å². The van der Waals surface area contributed by atoms with Gasteiger partial charge in [0.05, 0.1) is 24.8 Å². The van der Waals surface area contributed by atoms with Gasteiger partial charge in [0.15, 0.2) is 0 Å². The second-order valence-electron chi connectivity index (χ2n) is 8.39. The zero-order valence-electron chi connectivity index (χ0n) is 18.8. The Morgan fingerprint density at radius 1 is 1.14 bits per heavy atom. The summed E-state index contributed by atoms with van der Waals surface area (Å²) in [4.78, 5) is 14.9. The lowest BCUT2D eigenvalue weighted by atomic mass is 9.98. The maximum absolute atomic E-state index is 14.4. The number of benzene rings is 3. The molecule has 3 aromatic carbocycles. The summed E-state index contributed by atoms with van der Waals surface area (Å²) in [7, 11) is 0. The molecule has 0 saturated carbocycles. The summed E-state index contributed by atoms with van der Waals surface area (Å²) in [5, 5.41) is 15.3. The first-order chi connectivity index (χ1) is 17.0. The molecule has 0 spiro atoms. The van der Waals surface area contributed by atoms with Crippen LogP contribution in [0, 0.1) is 5.82 Å². The minimum atomic E-state index is -1.25. The fraction of sp³-hybridized carbons (Fsp3) is 0.185. The number of carbonyl (C=O) groups is 1. The summed E-state index contributed by atoms with van der Waals surface area (Å²) in [6.45, 7) is 1.58. The summed E-state index contributed by atoms with van der Waals surface area (Å²) in [5.74, 6) is -0.125. The second-order valence-corrected chi connectivity index (χ2v) is 8.80. The van der Waals surface area contributed by atoms with E-state index in [1.165, 1.54) is 18.2 Å². The van der Waals surface area contributed by atoms with Crippen molar-refractivity contribution in [1.29, 1.82) is 0 Å². The Morgan fingerprint density at radius 2 is 1.97 bits per heavy atom. The Bertz CT molecular complexity index is 1340. The van der Waals surface area contributed by atoms with Crippen molar-refractivity contribution in [3.63, 3.8) is 0 Å². The summed E-state index contributed by atoms with van der Waals surface area (Å²) >= 11 is 6.14. The van der Waals surface area contributed by atoms with Crippen LogP contribution in [0.25, 0.3) is 0 Å². The van der Waals surface area contributed by atoms with Gasteiger partial charge in [-0.2, -0.15) is 5.10 Å². The van der Waals surface area contributed by atoms with Gasteiger partial charge in [0.2, 0.25) is 0 Å². The predicted octanol–water partition coefficient (Wildman–Crippen LogP) is 4.84. The Kier molecular flexibility index (Phi) is 6.53. The number of hydrogen-bond donors (Lipinski definition) is 1. The zero-order valence-corrected chi connectivity index (χ0v) is 19.5. The van der Waals surface area contributed by atoms with Gasteiger partial charge in [0.25, 0.3) is 5.91 Å². The van der Waals surface area contributed by atoms with Gasteiger partial charge < -0.3 is 14.7 Å². The topological polar surface area (TPSA) is 67.6 Å². The van der Waals surface area contributed by atoms with E-state index in [0.29, 0.717) is 36.6 Å². The number of hydrogen-bond acceptors (Lipinski definition) is 4. The molecule has 0 bridgehead atoms. The van der Waals surface area contributed by atoms with Crippen molar-refractivity contribution in [2.45, 2.75) is 19.2 Å². The van der Waals surface area contributed by atoms with Crippen molar-refractivity contribution in [2.24, 2.45) is 0 Å². The molecule has 1 aliphatic rings. The van der Waals surface area contributed by atoms with Crippen LogP contribution in [0.3, 0.4) is 0 Å². The third-order valence-corrected chi connectivity index (χ3v) is 6.34. The summed E-state index contributed by atoms with van der Waals surface area (Å²) in [5.41, 5.74) is 2.77. The quantitative estimate of drug-likeness (QED) is 0.434. The third-order valence-electron chi connectivity index (χ3n) is 6.01. The molecule has 0 radical (unpaired) electrons. The Labute approximate surface area is 207 Å². The van der Waals surface area contributed by atoms with E-state index in [0.717, 1.165) is 11.1 Å². The van der Waals surface area contributed by atoms with Gasteiger partial charge in [0.1, 0.15) is 24.3 Å². The fourth-order valence-electron chi connectivity index (χ4n) is 4.21. The van der Waals surface area contributed by atoms with Crippen LogP contribution in [0.15, 0.2) is 79.1 Å². The van der Waals surface area contributed by atoms with Gasteiger partial charge in [-0.25, -0.2) is 4.39 Å². The van der Waals surface area contributed by atoms with Crippen molar-refractivity contribution in [3.05, 3.63) is 118 Å². The summed E-state index contributed by atoms with van der Waals surface area (Å²) in [6, 6.07) is 19.3. The van der Waals surface area contributed by atoms with Gasteiger partial charge in [-0.05, 0) is 35.4 Å². The highest BCUT2D eigenvalue weighted by Gasteiger charge is 2.25. The molecule has 0 fully saturated rings. The zero-order chi connectivity index (χ0) is 24.4. The molecule has 35 heavy (non-hydrogen) atoms. The smallest absolute Gasteiger partial charge is 0.257 e. The summed E-state index contributed by atoms with van der Waals surface area (Å²) < 4.78 is 21.9. The number of halogens is 2. The highest BCUT2D eigenvalue weighted by atomic mass is 35.5. The van der Waals surface area contributed by atoms with E-state index in [9.17, 15) is 14.3 Å². The van der Waals surface area contributed by atoms with E-state index in [1.54, 1.807) is 40.2 Å². The summed E-state index contributed by atoms with van der Waals surface area (Å²) in [6.07, 6.45) is 2.05. The monoisotopic (exact) mass is 491 g/mol. The molecular weight excluding hydrogens is 469 g/mol. The van der Waals surface area contributed by atoms with Gasteiger partial charge in [-0.1, -0.05) is 54.1 Å². The average molecular weight is 492 g/mol. The number of amides is 1. The van der Waals surface area contributed by atoms with Crippen LogP contribution in [0.5, 0.6) is 5.75 Å². The maximum Gasteiger partial charge on any atom is 0.257 e. The molecule has 0 saturated heterocycles. The predicted molar refractivity (Wildman–Crippen MR) is 130 cm³/mol. The van der Waals surface area contributed by atoms with Gasteiger partial charge in [-0.3, -0.25) is 9.48 Å². The first-order valence-corrected chi connectivity index (χ1v) is 11.6. The molecule has 0 aliphatic carbocycles. The van der Waals surface area contributed by atoms with Crippen molar-refractivity contribution in [1.82, 2.24) is 14.7 Å². The first-order valence-electron chi connectivity index (χ1n) is 11.2. The van der Waals surface area contributed by atoms with E-state index in [2.05, 4.69) is 5.10 Å². The molecule has 1 atom stereocenters. The van der Waals surface area contributed by atoms with Crippen molar-refractivity contribution < 1.29 is 19.0 Å². The van der Waals surface area contributed by atoms with Crippen LogP contribution >= 0.6 is 11.6 Å². The Hall–Kier alpha value is -3.68. The molecule has 0 unspecified atom stereocenters. The fourth-order valence-corrected chi connectivity index (χ4v) is 4.48. The van der Waals surface area contributed by atoms with E-state index in [-0.39, 0.29) is 23.0 Å². The molecule has 1 N–H and O–H groups in total. The first kappa shape index (κ1) is 23.1. The number of nitrogens with zero attached hydrogens (tertiary/aromatic N) is 3. The normalized spacial score (nSPS) is 14.1. The molecular formula is C27H23ClFN3O3. The Balaban J connectivity index is 1.36. The van der Waals surface area contributed by atoms with Crippen molar-refractivity contribution in [2.75, 3.05) is 13.2 Å². The molecule has 2 heterocycles. The number of aromatic nitrogens is 2. The molecule has 6 nitrogen and oxygen atoms in total. The number of rotatable bonds is 5. The third kappa shape index (κ3) is 4.92. The SMILES string of the molecule is O=C(c1cnn(Cc2ccccc2)c1)N1CCOc2ccc([C@@H](O)c3c(F)cccc3Cl)cc2C1. The lowest BCUT2D eigenvalue weighted by molar-refractivity contribution is 0.0733. The molecule has 1 aliphatic heterocycles. The number of fused-ring (bicyclic) bond motifs is 1. The average Bonchev–Trinajstić information content (AvgIpc) is 3.21. The number of carbonyl (C=O) groups excluding carboxylic acids is 1. The van der Waals surface area contributed by atoms with Gasteiger partial charge in [-0.15, -0.1) is 0 Å². The molecule has 8 heteroatoms. The van der Waals surface area contributed by atoms with Crippen molar-refractivity contribution in [3.8, 4) is 5.75 Å². The maximum atomic E-state index is 14.4. The van der Waals surface area contributed by atoms with Crippen LogP contribution < -0.4 is 4.74 Å². The number of aliphatic hydroxyl groups is 1. The van der Waals surface area contributed by atoms with Crippen LogP contribution in [0.4, 0.5) is 4.39 Å². The minimum absolute atomic E-state index is 0.0161. The lowest BCUT2D eigenvalue weighted by Crippen LogP contribution is -2.32. The van der Waals surface area contributed by atoms with E-state index in [4.69, 9.17) is 16.3 Å². The van der Waals surface area contributed by atoms with E-state index < -0.39 is 11.9 Å². The molecule has 1 aromatic heterocycles. The minimum Gasteiger partial charge on any atom is -0.491 e. The van der Waals surface area contributed by atoms with Crippen LogP contribution in [0.1, 0.15) is 38.7 Å². The van der Waals surface area contributed by atoms with Gasteiger partial charge >= 0.3 is 0 Å². The second kappa shape index (κ2) is 9.90. The van der Waals surface area contributed by atoms with E-state index >= 15 is 0 Å². The molecule has 5 rings (SSSR count). The van der Waals surface area contributed by atoms with Crippen LogP contribution in [0.2, 0.25) is 5.02 Å².